The number of benzene rings is 3. The van der Waals surface area contributed by atoms with Gasteiger partial charge in [0.15, 0.2) is 0 Å². The van der Waals surface area contributed by atoms with Crippen LogP contribution in [0.25, 0.3) is 38.9 Å². The molecule has 6 rings (SSSR count). The number of hydrogen-bond acceptors (Lipinski definition) is 4. The molecule has 3 heterocycles. The van der Waals surface area contributed by atoms with Crippen LogP contribution in [0.4, 0.5) is 5.69 Å². The first-order valence-electron chi connectivity index (χ1n) is 9.16. The van der Waals surface area contributed by atoms with Crippen molar-refractivity contribution in [3.8, 4) is 16.8 Å². The van der Waals surface area contributed by atoms with Gasteiger partial charge < -0.3 is 15.3 Å². The maximum absolute atomic E-state index is 11.6. The third-order valence-corrected chi connectivity index (χ3v) is 5.26. The summed E-state index contributed by atoms with van der Waals surface area (Å²) in [6, 6.07) is 17.4. The minimum Gasteiger partial charge on any atom is -0.326 e. The average Bonchev–Trinajstić information content (AvgIpc) is 3.40. The van der Waals surface area contributed by atoms with E-state index in [9.17, 15) is 9.59 Å². The van der Waals surface area contributed by atoms with Crippen LogP contribution >= 0.6 is 0 Å². The van der Waals surface area contributed by atoms with Crippen molar-refractivity contribution in [2.45, 2.75) is 6.42 Å². The molecule has 0 spiro atoms. The van der Waals surface area contributed by atoms with E-state index < -0.39 is 0 Å². The second-order valence-electron chi connectivity index (χ2n) is 7.08. The zero-order chi connectivity index (χ0) is 19.5. The van der Waals surface area contributed by atoms with Gasteiger partial charge in [0, 0.05) is 11.3 Å². The predicted octanol–water partition coefficient (Wildman–Crippen LogP) is 2.75. The largest absolute Gasteiger partial charge is 0.326 e. The smallest absolute Gasteiger partial charge is 0.323 e. The number of rotatable bonds is 2. The molecule has 1 aliphatic heterocycles. The van der Waals surface area contributed by atoms with Crippen molar-refractivity contribution >= 4 is 33.7 Å². The quantitative estimate of drug-likeness (QED) is 0.436. The molecular formula is C21H14N6O2. The molecule has 2 aromatic heterocycles. The highest BCUT2D eigenvalue weighted by Crippen LogP contribution is 2.31. The Labute approximate surface area is 163 Å². The lowest BCUT2D eigenvalue weighted by Gasteiger charge is -2.06. The van der Waals surface area contributed by atoms with Crippen LogP contribution in [0.2, 0.25) is 0 Å². The Kier molecular flexibility index (Phi) is 3.08. The van der Waals surface area contributed by atoms with Gasteiger partial charge >= 0.3 is 5.69 Å². The molecule has 0 aliphatic carbocycles. The van der Waals surface area contributed by atoms with Gasteiger partial charge in [0.05, 0.1) is 28.7 Å². The van der Waals surface area contributed by atoms with E-state index in [1.807, 2.05) is 54.6 Å². The van der Waals surface area contributed by atoms with Gasteiger partial charge in [0.25, 0.3) is 0 Å². The van der Waals surface area contributed by atoms with E-state index in [-0.39, 0.29) is 11.6 Å². The van der Waals surface area contributed by atoms with Gasteiger partial charge in [-0.25, -0.2) is 9.48 Å². The number of carbonyl (C=O) groups excluding carboxylic acids is 1. The third-order valence-electron chi connectivity index (χ3n) is 5.26. The number of fused-ring (bicyclic) bond motifs is 3. The van der Waals surface area contributed by atoms with Crippen molar-refractivity contribution in [1.82, 2.24) is 25.0 Å². The van der Waals surface area contributed by atoms with Gasteiger partial charge in [-0.05, 0) is 47.5 Å². The third kappa shape index (κ3) is 2.39. The zero-order valence-corrected chi connectivity index (χ0v) is 15.1. The summed E-state index contributed by atoms with van der Waals surface area (Å²) in [6.07, 6.45) is 0.371. The fourth-order valence-corrected chi connectivity index (χ4v) is 3.92. The number of hydrogen-bond donors (Lipinski definition) is 3. The molecule has 0 atom stereocenters. The number of anilines is 1. The highest BCUT2D eigenvalue weighted by molar-refractivity contribution is 5.99. The summed E-state index contributed by atoms with van der Waals surface area (Å²) >= 11 is 0. The van der Waals surface area contributed by atoms with Crippen molar-refractivity contribution in [1.29, 1.82) is 0 Å². The molecule has 8 heteroatoms. The molecule has 0 radical (unpaired) electrons. The van der Waals surface area contributed by atoms with Gasteiger partial charge in [-0.1, -0.05) is 23.4 Å². The second-order valence-corrected chi connectivity index (χ2v) is 7.08. The van der Waals surface area contributed by atoms with Crippen LogP contribution in [-0.2, 0) is 11.2 Å². The Morgan fingerprint density at radius 2 is 1.83 bits per heavy atom. The topological polar surface area (TPSA) is 108 Å². The SMILES string of the molecule is O=C1Cc2cc(-n3nnc4c(-c5ccc6[nH]c(=O)[nH]c6c5)cccc43)ccc2N1. The molecule has 0 unspecified atom stereocenters. The number of carbonyl (C=O) groups is 1. The van der Waals surface area contributed by atoms with E-state index in [0.29, 0.717) is 6.42 Å². The minimum absolute atomic E-state index is 0.000995. The molecule has 29 heavy (non-hydrogen) atoms. The zero-order valence-electron chi connectivity index (χ0n) is 15.1. The van der Waals surface area contributed by atoms with E-state index in [1.54, 1.807) is 4.68 Å². The van der Waals surface area contributed by atoms with Crippen molar-refractivity contribution in [3.63, 3.8) is 0 Å². The standard InChI is InChI=1S/C21H14N6O2/c28-19-10-12-8-13(5-7-15(12)22-19)27-18-3-1-2-14(20(18)25-26-27)11-4-6-16-17(9-11)24-21(29)23-16/h1-9H,10H2,(H,22,28)(H2,23,24,29). The number of aromatic amines is 2. The van der Waals surface area contributed by atoms with Crippen molar-refractivity contribution in [2.24, 2.45) is 0 Å². The van der Waals surface area contributed by atoms with Crippen LogP contribution in [0.15, 0.2) is 59.4 Å². The molecule has 8 nitrogen and oxygen atoms in total. The van der Waals surface area contributed by atoms with Gasteiger partial charge in [0.2, 0.25) is 5.91 Å². The van der Waals surface area contributed by atoms with Crippen molar-refractivity contribution < 1.29 is 4.79 Å². The van der Waals surface area contributed by atoms with Crippen molar-refractivity contribution in [2.75, 3.05) is 5.32 Å². The van der Waals surface area contributed by atoms with Crippen LogP contribution in [0.1, 0.15) is 5.56 Å². The second kappa shape index (κ2) is 5.65. The van der Waals surface area contributed by atoms with Gasteiger partial charge in [-0.15, -0.1) is 5.10 Å². The van der Waals surface area contributed by atoms with Crippen LogP contribution < -0.4 is 11.0 Å². The first kappa shape index (κ1) is 15.8. The van der Waals surface area contributed by atoms with E-state index >= 15 is 0 Å². The monoisotopic (exact) mass is 382 g/mol. The van der Waals surface area contributed by atoms with Crippen molar-refractivity contribution in [3.05, 3.63) is 70.6 Å². The Morgan fingerprint density at radius 1 is 0.931 bits per heavy atom. The highest BCUT2D eigenvalue weighted by Gasteiger charge is 2.19. The average molecular weight is 382 g/mol. The maximum atomic E-state index is 11.6. The molecule has 0 saturated carbocycles. The number of imidazole rings is 1. The predicted molar refractivity (Wildman–Crippen MR) is 109 cm³/mol. The first-order chi connectivity index (χ1) is 14.2. The summed E-state index contributed by atoms with van der Waals surface area (Å²) in [6.45, 7) is 0. The number of nitrogens with zero attached hydrogens (tertiary/aromatic N) is 3. The normalized spacial score (nSPS) is 13.2. The van der Waals surface area contributed by atoms with Gasteiger partial charge in [0.1, 0.15) is 5.52 Å². The molecule has 1 aliphatic rings. The van der Waals surface area contributed by atoms with Crippen LogP contribution in [0.3, 0.4) is 0 Å². The lowest BCUT2D eigenvalue weighted by atomic mass is 10.0. The summed E-state index contributed by atoms with van der Waals surface area (Å²) in [5.41, 5.74) is 7.42. The Hall–Kier alpha value is -4.20. The minimum atomic E-state index is -0.231. The van der Waals surface area contributed by atoms with E-state index in [0.717, 1.165) is 50.1 Å². The Bertz CT molecular complexity index is 1510. The summed E-state index contributed by atoms with van der Waals surface area (Å²) in [5, 5.41) is 11.6. The van der Waals surface area contributed by atoms with Crippen LogP contribution in [0.5, 0.6) is 0 Å². The number of H-pyrrole nitrogens is 2. The number of amides is 1. The molecular weight excluding hydrogens is 368 g/mol. The molecule has 3 aromatic carbocycles. The Morgan fingerprint density at radius 3 is 2.76 bits per heavy atom. The fraction of sp³-hybridized carbons (Fsp3) is 0.0476. The first-order valence-corrected chi connectivity index (χ1v) is 9.16. The summed E-state index contributed by atoms with van der Waals surface area (Å²) in [4.78, 5) is 28.7. The summed E-state index contributed by atoms with van der Waals surface area (Å²) in [7, 11) is 0. The number of nitrogens with one attached hydrogen (secondary N) is 3. The van der Waals surface area contributed by atoms with Gasteiger partial charge in [-0.2, -0.15) is 0 Å². The molecule has 0 bridgehead atoms. The molecule has 5 aromatic rings. The summed E-state index contributed by atoms with van der Waals surface area (Å²) in [5.74, 6) is 0.000995. The van der Waals surface area contributed by atoms with Crippen LogP contribution in [0, 0.1) is 0 Å². The molecule has 0 fully saturated rings. The van der Waals surface area contributed by atoms with Crippen LogP contribution in [-0.4, -0.2) is 30.9 Å². The van der Waals surface area contributed by atoms with E-state index in [1.165, 1.54) is 0 Å². The Balaban J connectivity index is 1.51. The molecule has 0 saturated heterocycles. The lowest BCUT2D eigenvalue weighted by Crippen LogP contribution is -2.03. The highest BCUT2D eigenvalue weighted by atomic mass is 16.2. The molecule has 1 amide bonds. The molecule has 3 N–H and O–H groups in total. The van der Waals surface area contributed by atoms with E-state index in [4.69, 9.17) is 0 Å². The lowest BCUT2D eigenvalue weighted by molar-refractivity contribution is -0.115. The fourth-order valence-electron chi connectivity index (χ4n) is 3.92. The summed E-state index contributed by atoms with van der Waals surface area (Å²) < 4.78 is 1.78. The van der Waals surface area contributed by atoms with Gasteiger partial charge in [-0.3, -0.25) is 4.79 Å². The maximum Gasteiger partial charge on any atom is 0.323 e. The van der Waals surface area contributed by atoms with E-state index in [2.05, 4.69) is 25.6 Å². The number of aromatic nitrogens is 5. The molecule has 140 valence electrons.